The van der Waals surface area contributed by atoms with E-state index < -0.39 is 0 Å². The molecule has 0 aliphatic rings. The molecule has 0 saturated heterocycles. The predicted octanol–water partition coefficient (Wildman–Crippen LogP) is 1.86. The second-order valence-electron chi connectivity index (χ2n) is 2.88. The quantitative estimate of drug-likeness (QED) is 0.671. The van der Waals surface area contributed by atoms with E-state index in [1.165, 1.54) is 6.20 Å². The fourth-order valence-electron chi connectivity index (χ4n) is 1.40. The maximum atomic E-state index is 10.8. The number of rotatable bonds is 2. The summed E-state index contributed by atoms with van der Waals surface area (Å²) in [6, 6.07) is 7.23. The molecule has 0 unspecified atom stereocenters. The van der Waals surface area contributed by atoms with Crippen LogP contribution in [0.15, 0.2) is 30.5 Å². The first-order valence-corrected chi connectivity index (χ1v) is 4.15. The molecule has 0 aliphatic carbocycles. The number of carbonyl (C=O) groups is 2. The Morgan fingerprint density at radius 2 is 1.86 bits per heavy atom. The lowest BCUT2D eigenvalue weighted by Gasteiger charge is -2.01. The van der Waals surface area contributed by atoms with E-state index in [2.05, 4.69) is 4.98 Å². The monoisotopic (exact) mass is 185 g/mol. The summed E-state index contributed by atoms with van der Waals surface area (Å²) in [4.78, 5) is 25.5. The van der Waals surface area contributed by atoms with Crippen LogP contribution in [-0.2, 0) is 0 Å². The van der Waals surface area contributed by atoms with Gasteiger partial charge in [0.15, 0.2) is 12.6 Å². The van der Waals surface area contributed by atoms with Crippen LogP contribution in [-0.4, -0.2) is 17.6 Å². The van der Waals surface area contributed by atoms with Gasteiger partial charge in [0, 0.05) is 22.7 Å². The zero-order valence-electron chi connectivity index (χ0n) is 7.31. The Morgan fingerprint density at radius 3 is 2.57 bits per heavy atom. The van der Waals surface area contributed by atoms with Crippen LogP contribution in [0.3, 0.4) is 0 Å². The van der Waals surface area contributed by atoms with Crippen molar-refractivity contribution in [2.45, 2.75) is 0 Å². The smallest absolute Gasteiger partial charge is 0.152 e. The number of nitrogens with zero attached hydrogens (tertiary/aromatic N) is 1. The van der Waals surface area contributed by atoms with Crippen molar-refractivity contribution >= 4 is 23.5 Å². The highest BCUT2D eigenvalue weighted by Crippen LogP contribution is 2.17. The van der Waals surface area contributed by atoms with Gasteiger partial charge in [-0.05, 0) is 6.07 Å². The van der Waals surface area contributed by atoms with Crippen LogP contribution in [0.4, 0.5) is 0 Å². The summed E-state index contributed by atoms with van der Waals surface area (Å²) in [5.41, 5.74) is 1.46. The molecule has 2 aromatic rings. The molecule has 0 N–H and O–H groups in total. The van der Waals surface area contributed by atoms with E-state index in [1.54, 1.807) is 12.1 Å². The molecule has 0 saturated carbocycles. The van der Waals surface area contributed by atoms with Crippen LogP contribution in [0.5, 0.6) is 0 Å². The Bertz CT molecular complexity index is 506. The number of benzene rings is 1. The second kappa shape index (κ2) is 3.38. The number of aldehydes is 2. The molecule has 0 atom stereocenters. The van der Waals surface area contributed by atoms with E-state index in [4.69, 9.17) is 0 Å². The third-order valence-corrected chi connectivity index (χ3v) is 2.09. The SMILES string of the molecule is O=Cc1cnc2ccccc2c1C=O. The van der Waals surface area contributed by atoms with Gasteiger partial charge in [-0.1, -0.05) is 18.2 Å². The molecular formula is C11H7NO2. The molecular weight excluding hydrogens is 178 g/mol. The van der Waals surface area contributed by atoms with E-state index in [-0.39, 0.29) is 0 Å². The number of hydrogen-bond donors (Lipinski definition) is 0. The summed E-state index contributed by atoms with van der Waals surface area (Å²) >= 11 is 0. The topological polar surface area (TPSA) is 47.0 Å². The lowest BCUT2D eigenvalue weighted by molar-refractivity contribution is 0.109. The molecule has 0 fully saturated rings. The fraction of sp³-hybridized carbons (Fsp3) is 0. The molecule has 0 spiro atoms. The minimum Gasteiger partial charge on any atom is -0.298 e. The molecule has 0 amide bonds. The van der Waals surface area contributed by atoms with Crippen molar-refractivity contribution in [3.05, 3.63) is 41.6 Å². The second-order valence-corrected chi connectivity index (χ2v) is 2.88. The van der Waals surface area contributed by atoms with E-state index in [1.807, 2.05) is 12.1 Å². The van der Waals surface area contributed by atoms with Gasteiger partial charge in [0.05, 0.1) is 5.52 Å². The maximum absolute atomic E-state index is 10.8. The van der Waals surface area contributed by atoms with Gasteiger partial charge in [-0.15, -0.1) is 0 Å². The minimum absolute atomic E-state index is 0.332. The molecule has 1 aromatic heterocycles. The molecule has 14 heavy (non-hydrogen) atoms. The Labute approximate surface area is 80.4 Å². The molecule has 2 rings (SSSR count). The molecule has 0 radical (unpaired) electrons. The van der Waals surface area contributed by atoms with Gasteiger partial charge in [-0.25, -0.2) is 0 Å². The summed E-state index contributed by atoms with van der Waals surface area (Å²) < 4.78 is 0. The molecule has 0 aliphatic heterocycles. The van der Waals surface area contributed by atoms with Crippen LogP contribution < -0.4 is 0 Å². The molecule has 0 bridgehead atoms. The highest BCUT2D eigenvalue weighted by Gasteiger charge is 2.05. The number of carbonyl (C=O) groups excluding carboxylic acids is 2. The van der Waals surface area contributed by atoms with Crippen molar-refractivity contribution in [3.8, 4) is 0 Å². The van der Waals surface area contributed by atoms with Crippen molar-refractivity contribution < 1.29 is 9.59 Å². The number of aromatic nitrogens is 1. The summed E-state index contributed by atoms with van der Waals surface area (Å²) in [5, 5.41) is 0.715. The number of para-hydroxylation sites is 1. The van der Waals surface area contributed by atoms with Crippen LogP contribution in [0.2, 0.25) is 0 Å². The van der Waals surface area contributed by atoms with Gasteiger partial charge < -0.3 is 0 Å². The Kier molecular flexibility index (Phi) is 2.07. The highest BCUT2D eigenvalue weighted by molar-refractivity contribution is 6.03. The molecule has 3 nitrogen and oxygen atoms in total. The molecule has 68 valence electrons. The van der Waals surface area contributed by atoms with Gasteiger partial charge in [0.2, 0.25) is 0 Å². The average Bonchev–Trinajstić information content (AvgIpc) is 2.27. The van der Waals surface area contributed by atoms with Crippen molar-refractivity contribution in [2.75, 3.05) is 0 Å². The van der Waals surface area contributed by atoms with Crippen molar-refractivity contribution in [1.29, 1.82) is 0 Å². The number of pyridine rings is 1. The highest BCUT2D eigenvalue weighted by atomic mass is 16.1. The first-order valence-electron chi connectivity index (χ1n) is 4.15. The minimum atomic E-state index is 0.332. The fourth-order valence-corrected chi connectivity index (χ4v) is 1.40. The Hall–Kier alpha value is -2.03. The van der Waals surface area contributed by atoms with Crippen molar-refractivity contribution in [3.63, 3.8) is 0 Å². The third-order valence-electron chi connectivity index (χ3n) is 2.09. The van der Waals surface area contributed by atoms with Crippen LogP contribution >= 0.6 is 0 Å². The number of hydrogen-bond acceptors (Lipinski definition) is 3. The van der Waals surface area contributed by atoms with Crippen LogP contribution in [0.25, 0.3) is 10.9 Å². The van der Waals surface area contributed by atoms with Crippen molar-refractivity contribution in [2.24, 2.45) is 0 Å². The zero-order valence-corrected chi connectivity index (χ0v) is 7.31. The molecule has 1 aromatic carbocycles. The van der Waals surface area contributed by atoms with Crippen LogP contribution in [0, 0.1) is 0 Å². The summed E-state index contributed by atoms with van der Waals surface area (Å²) in [6.07, 6.45) is 2.75. The summed E-state index contributed by atoms with van der Waals surface area (Å²) in [6.45, 7) is 0. The lowest BCUT2D eigenvalue weighted by Crippen LogP contribution is -1.94. The van der Waals surface area contributed by atoms with Gasteiger partial charge in [-0.2, -0.15) is 0 Å². The third kappa shape index (κ3) is 1.19. The van der Waals surface area contributed by atoms with Gasteiger partial charge in [0.1, 0.15) is 0 Å². The van der Waals surface area contributed by atoms with Gasteiger partial charge in [-0.3, -0.25) is 14.6 Å². The number of fused-ring (bicyclic) bond motifs is 1. The average molecular weight is 185 g/mol. The van der Waals surface area contributed by atoms with E-state index in [0.717, 1.165) is 5.52 Å². The normalized spacial score (nSPS) is 10.0. The van der Waals surface area contributed by atoms with E-state index >= 15 is 0 Å². The summed E-state index contributed by atoms with van der Waals surface area (Å²) in [7, 11) is 0. The molecule has 1 heterocycles. The van der Waals surface area contributed by atoms with Crippen molar-refractivity contribution in [1.82, 2.24) is 4.98 Å². The predicted molar refractivity (Wildman–Crippen MR) is 52.5 cm³/mol. The maximum Gasteiger partial charge on any atom is 0.152 e. The lowest BCUT2D eigenvalue weighted by atomic mass is 10.1. The van der Waals surface area contributed by atoms with Gasteiger partial charge in [0.25, 0.3) is 0 Å². The van der Waals surface area contributed by atoms with E-state index in [9.17, 15) is 9.59 Å². The first kappa shape index (κ1) is 8.56. The van der Waals surface area contributed by atoms with E-state index in [0.29, 0.717) is 29.1 Å². The first-order chi connectivity index (χ1) is 6.86. The van der Waals surface area contributed by atoms with Gasteiger partial charge >= 0.3 is 0 Å². The standard InChI is InChI=1S/C11H7NO2/c13-6-8-5-12-11-4-2-1-3-9(11)10(8)7-14/h1-7H. The van der Waals surface area contributed by atoms with Crippen LogP contribution in [0.1, 0.15) is 20.7 Å². The largest absolute Gasteiger partial charge is 0.298 e. The Balaban J connectivity index is 2.90. The molecule has 3 heteroatoms. The zero-order chi connectivity index (χ0) is 9.97. The Morgan fingerprint density at radius 1 is 1.07 bits per heavy atom. The summed E-state index contributed by atoms with van der Waals surface area (Å²) in [5.74, 6) is 0.